The summed E-state index contributed by atoms with van der Waals surface area (Å²) in [6.07, 6.45) is 1.12. The summed E-state index contributed by atoms with van der Waals surface area (Å²) in [5.74, 6) is 0.843. The van der Waals surface area contributed by atoms with E-state index < -0.39 is 18.9 Å². The van der Waals surface area contributed by atoms with Gasteiger partial charge in [0.15, 0.2) is 9.84 Å². The molecule has 0 aliphatic rings. The van der Waals surface area contributed by atoms with Crippen molar-refractivity contribution in [3.05, 3.63) is 48.5 Å². The smallest absolute Gasteiger partial charge is 0.261 e. The molecule has 0 saturated heterocycles. The number of halogens is 1. The van der Waals surface area contributed by atoms with Crippen LogP contribution in [0.2, 0.25) is 0 Å². The van der Waals surface area contributed by atoms with Crippen LogP contribution in [0.4, 0.5) is 0 Å². The Balaban J connectivity index is 2.19. The first-order chi connectivity index (χ1) is 9.66. The Morgan fingerprint density at radius 3 is 1.48 bits per heavy atom. The zero-order valence-corrected chi connectivity index (χ0v) is 13.2. The fourth-order valence-electron chi connectivity index (χ4n) is 1.56. The largest absolute Gasteiger partial charge is 0.457 e. The van der Waals surface area contributed by atoms with Gasteiger partial charge in [-0.1, -0.05) is 0 Å². The molecular weight excluding hydrogens is 336 g/mol. The molecule has 0 radical (unpaired) electrons. The van der Waals surface area contributed by atoms with Crippen molar-refractivity contribution in [3.8, 4) is 11.5 Å². The van der Waals surface area contributed by atoms with E-state index in [0.717, 1.165) is 6.26 Å². The van der Waals surface area contributed by atoms with Gasteiger partial charge in [0, 0.05) is 16.9 Å². The van der Waals surface area contributed by atoms with Crippen LogP contribution in [0.5, 0.6) is 11.5 Å². The Morgan fingerprint density at radius 1 is 0.762 bits per heavy atom. The average molecular weight is 347 g/mol. The van der Waals surface area contributed by atoms with Crippen molar-refractivity contribution in [2.45, 2.75) is 9.79 Å². The van der Waals surface area contributed by atoms with Gasteiger partial charge in [-0.15, -0.1) is 0 Å². The van der Waals surface area contributed by atoms with Crippen LogP contribution in [0.1, 0.15) is 0 Å². The molecule has 0 bridgehead atoms. The normalized spacial score (nSPS) is 12.1. The van der Waals surface area contributed by atoms with E-state index in [1.54, 1.807) is 0 Å². The summed E-state index contributed by atoms with van der Waals surface area (Å²) in [5, 5.41) is 0. The monoisotopic (exact) mass is 346 g/mol. The summed E-state index contributed by atoms with van der Waals surface area (Å²) in [6.45, 7) is 0. The number of sulfone groups is 1. The lowest BCUT2D eigenvalue weighted by Crippen LogP contribution is -1.96. The maximum absolute atomic E-state index is 11.3. The molecule has 0 heterocycles. The molecule has 5 nitrogen and oxygen atoms in total. The number of benzene rings is 2. The summed E-state index contributed by atoms with van der Waals surface area (Å²) in [4.78, 5) is 0.169. The SMILES string of the molecule is CS(=O)(=O)c1ccc(Oc2ccc(S(=O)(=O)Cl)cc2)cc1. The molecule has 2 aromatic rings. The van der Waals surface area contributed by atoms with Crippen molar-refractivity contribution >= 4 is 29.6 Å². The van der Waals surface area contributed by atoms with E-state index in [4.69, 9.17) is 15.4 Å². The maximum atomic E-state index is 11.3. The zero-order chi connectivity index (χ0) is 15.7. The van der Waals surface area contributed by atoms with E-state index in [2.05, 4.69) is 0 Å². The summed E-state index contributed by atoms with van der Waals surface area (Å²) >= 11 is 0. The molecule has 0 aliphatic heterocycles. The second-order valence-corrected chi connectivity index (χ2v) is 8.84. The summed E-state index contributed by atoms with van der Waals surface area (Å²) in [5.41, 5.74) is 0. The molecule has 0 unspecified atom stereocenters. The molecule has 0 saturated carbocycles. The lowest BCUT2D eigenvalue weighted by Gasteiger charge is -2.06. The third-order valence-corrected chi connectivity index (χ3v) is 5.09. The third-order valence-electron chi connectivity index (χ3n) is 2.59. The second kappa shape index (κ2) is 5.67. The van der Waals surface area contributed by atoms with Crippen molar-refractivity contribution in [3.63, 3.8) is 0 Å². The van der Waals surface area contributed by atoms with E-state index in [-0.39, 0.29) is 9.79 Å². The molecule has 2 rings (SSSR count). The first kappa shape index (κ1) is 15.8. The van der Waals surface area contributed by atoms with E-state index in [9.17, 15) is 16.8 Å². The molecule has 2 aromatic carbocycles. The van der Waals surface area contributed by atoms with E-state index in [0.29, 0.717) is 11.5 Å². The van der Waals surface area contributed by atoms with Gasteiger partial charge in [0.25, 0.3) is 9.05 Å². The highest BCUT2D eigenvalue weighted by Crippen LogP contribution is 2.25. The van der Waals surface area contributed by atoms with Crippen LogP contribution in [-0.4, -0.2) is 23.1 Å². The van der Waals surface area contributed by atoms with Gasteiger partial charge in [-0.05, 0) is 48.5 Å². The van der Waals surface area contributed by atoms with Crippen molar-refractivity contribution in [1.82, 2.24) is 0 Å². The Bertz CT molecular complexity index is 765. The van der Waals surface area contributed by atoms with Crippen LogP contribution in [0.25, 0.3) is 0 Å². The second-order valence-electron chi connectivity index (χ2n) is 4.25. The highest BCUT2D eigenvalue weighted by Gasteiger charge is 2.10. The van der Waals surface area contributed by atoms with Gasteiger partial charge in [0.1, 0.15) is 11.5 Å². The van der Waals surface area contributed by atoms with Crippen LogP contribution in [0.3, 0.4) is 0 Å². The van der Waals surface area contributed by atoms with Gasteiger partial charge in [-0.3, -0.25) is 0 Å². The van der Waals surface area contributed by atoms with Gasteiger partial charge in [0.05, 0.1) is 9.79 Å². The van der Waals surface area contributed by atoms with Crippen molar-refractivity contribution < 1.29 is 21.6 Å². The molecule has 0 fully saturated rings. The minimum Gasteiger partial charge on any atom is -0.457 e. The minimum atomic E-state index is -3.76. The Morgan fingerprint density at radius 2 is 1.14 bits per heavy atom. The lowest BCUT2D eigenvalue weighted by atomic mass is 10.3. The van der Waals surface area contributed by atoms with Crippen LogP contribution in [0, 0.1) is 0 Å². The Kier molecular flexibility index (Phi) is 4.27. The molecule has 0 aromatic heterocycles. The predicted molar refractivity (Wildman–Crippen MR) is 79.1 cm³/mol. The first-order valence-electron chi connectivity index (χ1n) is 5.69. The van der Waals surface area contributed by atoms with Gasteiger partial charge < -0.3 is 4.74 Å². The zero-order valence-electron chi connectivity index (χ0n) is 10.9. The molecular formula is C13H11ClO5S2. The van der Waals surface area contributed by atoms with Crippen LogP contribution >= 0.6 is 10.7 Å². The predicted octanol–water partition coefficient (Wildman–Crippen LogP) is 2.81. The summed E-state index contributed by atoms with van der Waals surface area (Å²) in [6, 6.07) is 11.5. The number of hydrogen-bond donors (Lipinski definition) is 0. The van der Waals surface area contributed by atoms with Gasteiger partial charge in [0.2, 0.25) is 0 Å². The Labute approximate surface area is 127 Å². The highest BCUT2D eigenvalue weighted by molar-refractivity contribution is 8.13. The van der Waals surface area contributed by atoms with Crippen LogP contribution < -0.4 is 4.74 Å². The highest BCUT2D eigenvalue weighted by atomic mass is 35.7. The summed E-state index contributed by atoms with van der Waals surface area (Å²) in [7, 11) is -1.81. The van der Waals surface area contributed by atoms with Crippen molar-refractivity contribution in [1.29, 1.82) is 0 Å². The van der Waals surface area contributed by atoms with E-state index in [1.165, 1.54) is 48.5 Å². The van der Waals surface area contributed by atoms with E-state index >= 15 is 0 Å². The van der Waals surface area contributed by atoms with Crippen molar-refractivity contribution in [2.24, 2.45) is 0 Å². The fraction of sp³-hybridized carbons (Fsp3) is 0.0769. The molecule has 0 N–H and O–H groups in total. The molecule has 0 atom stereocenters. The lowest BCUT2D eigenvalue weighted by molar-refractivity contribution is 0.481. The fourth-order valence-corrected chi connectivity index (χ4v) is 2.96. The molecule has 0 spiro atoms. The van der Waals surface area contributed by atoms with Crippen LogP contribution in [0.15, 0.2) is 58.3 Å². The number of rotatable bonds is 4. The first-order valence-corrected chi connectivity index (χ1v) is 9.89. The van der Waals surface area contributed by atoms with Crippen LogP contribution in [-0.2, 0) is 18.9 Å². The Hall–Kier alpha value is -1.57. The maximum Gasteiger partial charge on any atom is 0.261 e. The van der Waals surface area contributed by atoms with Crippen molar-refractivity contribution in [2.75, 3.05) is 6.26 Å². The van der Waals surface area contributed by atoms with Gasteiger partial charge in [-0.2, -0.15) is 0 Å². The summed E-state index contributed by atoms with van der Waals surface area (Å²) < 4.78 is 50.3. The standard InChI is InChI=1S/C13H11ClO5S2/c1-20(15,16)12-6-2-10(3-7-12)19-11-4-8-13(9-5-11)21(14,17)18/h2-9H,1H3. The molecule has 21 heavy (non-hydrogen) atoms. The molecule has 112 valence electrons. The minimum absolute atomic E-state index is 0.0241. The van der Waals surface area contributed by atoms with E-state index in [1.807, 2.05) is 0 Å². The average Bonchev–Trinajstić information content (AvgIpc) is 2.38. The molecule has 0 aliphatic carbocycles. The number of hydrogen-bond acceptors (Lipinski definition) is 5. The molecule has 8 heteroatoms. The number of ether oxygens (including phenoxy) is 1. The van der Waals surface area contributed by atoms with Gasteiger partial charge >= 0.3 is 0 Å². The topological polar surface area (TPSA) is 77.5 Å². The molecule has 0 amide bonds. The quantitative estimate of drug-likeness (QED) is 0.795. The third kappa shape index (κ3) is 4.20. The van der Waals surface area contributed by atoms with Gasteiger partial charge in [-0.25, -0.2) is 16.8 Å².